The lowest BCUT2D eigenvalue weighted by Crippen LogP contribution is -2.32. The van der Waals surface area contributed by atoms with Gasteiger partial charge in [-0.05, 0) is 40.8 Å². The van der Waals surface area contributed by atoms with Crippen LogP contribution < -0.4 is 9.88 Å². The zero-order valence-corrected chi connectivity index (χ0v) is 16.9. The third-order valence-electron chi connectivity index (χ3n) is 4.12. The normalized spacial score (nSPS) is 10.9. The highest BCUT2D eigenvalue weighted by atomic mass is 127. The van der Waals surface area contributed by atoms with Crippen LogP contribution in [0.1, 0.15) is 10.4 Å². The maximum atomic E-state index is 15.5. The minimum Gasteiger partial charge on any atom is -0.465 e. The summed E-state index contributed by atoms with van der Waals surface area (Å²) < 4.78 is 38.6. The lowest BCUT2D eigenvalue weighted by molar-refractivity contribution is -0.662. The van der Waals surface area contributed by atoms with Crippen molar-refractivity contribution in [3.8, 4) is 0 Å². The van der Waals surface area contributed by atoms with E-state index < -0.39 is 17.6 Å². The average Bonchev–Trinajstić information content (AvgIpc) is 2.94. The van der Waals surface area contributed by atoms with Gasteiger partial charge in [-0.1, -0.05) is 12.7 Å². The number of nitrogens with zero attached hydrogens (tertiary/aromatic N) is 2. The quantitative estimate of drug-likeness (QED) is 0.257. The van der Waals surface area contributed by atoms with Gasteiger partial charge in [0.2, 0.25) is 11.8 Å². The first kappa shape index (κ1) is 19.3. The molecule has 3 rings (SSSR count). The molecule has 0 bridgehead atoms. The van der Waals surface area contributed by atoms with Crippen LogP contribution in [-0.2, 0) is 18.3 Å². The molecule has 140 valence electrons. The SMILES string of the molecule is C=CC[n+]1cn(C)c2cc(C(=O)OC)c(Nc3ccc(I)cc3F)c(F)c21. The van der Waals surface area contributed by atoms with E-state index in [1.807, 2.05) is 22.6 Å². The van der Waals surface area contributed by atoms with Gasteiger partial charge in [0, 0.05) is 9.64 Å². The predicted octanol–water partition coefficient (Wildman–Crippen LogP) is 4.06. The third kappa shape index (κ3) is 3.53. The van der Waals surface area contributed by atoms with E-state index in [9.17, 15) is 9.18 Å². The minimum absolute atomic E-state index is 0.0209. The molecule has 0 aliphatic rings. The number of imidazole rings is 1. The van der Waals surface area contributed by atoms with Crippen LogP contribution in [0.15, 0.2) is 43.2 Å². The molecule has 27 heavy (non-hydrogen) atoms. The Kier molecular flexibility index (Phi) is 5.45. The zero-order valence-electron chi connectivity index (χ0n) is 14.7. The highest BCUT2D eigenvalue weighted by Crippen LogP contribution is 2.31. The second-order valence-corrected chi connectivity index (χ2v) is 7.13. The number of benzene rings is 2. The number of halogens is 3. The molecule has 5 nitrogen and oxygen atoms in total. The number of nitrogens with one attached hydrogen (secondary N) is 1. The molecule has 0 unspecified atom stereocenters. The number of anilines is 2. The molecular formula is C19H17F2IN3O2+. The van der Waals surface area contributed by atoms with E-state index in [1.54, 1.807) is 34.7 Å². The average molecular weight is 484 g/mol. The molecule has 1 N–H and O–H groups in total. The van der Waals surface area contributed by atoms with Crippen LogP contribution in [0.4, 0.5) is 20.2 Å². The summed E-state index contributed by atoms with van der Waals surface area (Å²) in [5.74, 6) is -1.95. The van der Waals surface area contributed by atoms with E-state index in [0.717, 1.165) is 0 Å². The van der Waals surface area contributed by atoms with Gasteiger partial charge in [0.15, 0.2) is 11.3 Å². The highest BCUT2D eigenvalue weighted by Gasteiger charge is 2.27. The zero-order chi connectivity index (χ0) is 19.7. The molecule has 0 fully saturated rings. The fourth-order valence-corrected chi connectivity index (χ4v) is 3.35. The number of aryl methyl sites for hydroxylation is 1. The molecule has 0 aliphatic carbocycles. The maximum Gasteiger partial charge on any atom is 0.340 e. The van der Waals surface area contributed by atoms with Crippen LogP contribution in [-0.4, -0.2) is 17.6 Å². The van der Waals surface area contributed by atoms with Gasteiger partial charge in [-0.15, -0.1) is 0 Å². The summed E-state index contributed by atoms with van der Waals surface area (Å²) in [5, 5.41) is 2.72. The van der Waals surface area contributed by atoms with Crippen molar-refractivity contribution in [1.29, 1.82) is 0 Å². The fraction of sp³-hybridized carbons (Fsp3) is 0.158. The molecule has 0 aliphatic heterocycles. The number of hydrogen-bond acceptors (Lipinski definition) is 3. The van der Waals surface area contributed by atoms with E-state index in [1.165, 1.54) is 25.3 Å². The van der Waals surface area contributed by atoms with Gasteiger partial charge in [-0.25, -0.2) is 18.3 Å². The summed E-state index contributed by atoms with van der Waals surface area (Å²) in [4.78, 5) is 12.2. The first-order chi connectivity index (χ1) is 12.9. The van der Waals surface area contributed by atoms with Crippen molar-refractivity contribution in [2.45, 2.75) is 6.54 Å². The monoisotopic (exact) mass is 484 g/mol. The lowest BCUT2D eigenvalue weighted by atomic mass is 10.1. The molecule has 0 saturated carbocycles. The van der Waals surface area contributed by atoms with Gasteiger partial charge in [0.1, 0.15) is 12.4 Å². The van der Waals surface area contributed by atoms with E-state index in [0.29, 0.717) is 15.6 Å². The number of rotatable bonds is 5. The second kappa shape index (κ2) is 7.63. The van der Waals surface area contributed by atoms with E-state index >= 15 is 4.39 Å². The molecule has 3 aromatic rings. The number of ether oxygens (including phenoxy) is 1. The Bertz CT molecular complexity index is 1060. The van der Waals surface area contributed by atoms with Gasteiger partial charge in [0.25, 0.3) is 0 Å². The van der Waals surface area contributed by atoms with Crippen molar-refractivity contribution < 1.29 is 22.9 Å². The van der Waals surface area contributed by atoms with Gasteiger partial charge in [0.05, 0.1) is 31.1 Å². The van der Waals surface area contributed by atoms with Crippen LogP contribution in [0.25, 0.3) is 11.0 Å². The van der Waals surface area contributed by atoms with Crippen molar-refractivity contribution in [1.82, 2.24) is 4.57 Å². The third-order valence-corrected chi connectivity index (χ3v) is 4.79. The number of aromatic nitrogens is 2. The highest BCUT2D eigenvalue weighted by molar-refractivity contribution is 14.1. The number of fused-ring (bicyclic) bond motifs is 1. The van der Waals surface area contributed by atoms with E-state index in [4.69, 9.17) is 4.74 Å². The topological polar surface area (TPSA) is 47.1 Å². The summed E-state index contributed by atoms with van der Waals surface area (Å²) in [6.07, 6.45) is 3.34. The minimum atomic E-state index is -0.722. The molecule has 0 amide bonds. The number of carbonyl (C=O) groups is 1. The van der Waals surface area contributed by atoms with E-state index in [2.05, 4.69) is 11.9 Å². The molecule has 0 atom stereocenters. The smallest absolute Gasteiger partial charge is 0.340 e. The Morgan fingerprint density at radius 3 is 2.78 bits per heavy atom. The van der Waals surface area contributed by atoms with E-state index in [-0.39, 0.29) is 22.5 Å². The summed E-state index contributed by atoms with van der Waals surface area (Å²) in [7, 11) is 2.96. The Morgan fingerprint density at radius 1 is 1.41 bits per heavy atom. The van der Waals surface area contributed by atoms with Crippen molar-refractivity contribution in [3.05, 3.63) is 64.0 Å². The first-order valence-electron chi connectivity index (χ1n) is 7.99. The summed E-state index contributed by atoms with van der Waals surface area (Å²) in [6.45, 7) is 4.06. The predicted molar refractivity (Wildman–Crippen MR) is 107 cm³/mol. The molecule has 1 aromatic heterocycles. The second-order valence-electron chi connectivity index (χ2n) is 5.89. The Labute approximate surface area is 168 Å². The standard InChI is InChI=1S/C19H16F2IN3O2/c1-4-7-25-10-24(2)15-9-12(19(26)27-3)17(16(21)18(15)25)23-14-6-5-11(22)8-13(14)20/h4-6,8-10H,1,7H2,2-3H3/p+1. The van der Waals surface area contributed by atoms with Crippen molar-refractivity contribution in [2.24, 2.45) is 7.05 Å². The van der Waals surface area contributed by atoms with Crippen molar-refractivity contribution >= 4 is 51.0 Å². The number of carbonyl (C=O) groups excluding carboxylic acids is 1. The lowest BCUT2D eigenvalue weighted by Gasteiger charge is -2.13. The van der Waals surface area contributed by atoms with Crippen LogP contribution >= 0.6 is 22.6 Å². The van der Waals surface area contributed by atoms with Gasteiger partial charge in [-0.3, -0.25) is 0 Å². The van der Waals surface area contributed by atoms with Crippen molar-refractivity contribution in [2.75, 3.05) is 12.4 Å². The van der Waals surface area contributed by atoms with Crippen LogP contribution in [0, 0.1) is 15.2 Å². The molecule has 0 saturated heterocycles. The molecule has 1 heterocycles. The summed E-state index contributed by atoms with van der Waals surface area (Å²) >= 11 is 1.98. The number of allylic oxidation sites excluding steroid dienone is 1. The molecule has 0 spiro atoms. The van der Waals surface area contributed by atoms with Gasteiger partial charge >= 0.3 is 5.97 Å². The molecular weight excluding hydrogens is 467 g/mol. The summed E-state index contributed by atoms with van der Waals surface area (Å²) in [6, 6.07) is 6.01. The van der Waals surface area contributed by atoms with Gasteiger partial charge in [-0.2, -0.15) is 4.39 Å². The molecule has 0 radical (unpaired) electrons. The Balaban J connectivity index is 2.27. The van der Waals surface area contributed by atoms with Crippen LogP contribution in [0.3, 0.4) is 0 Å². The largest absolute Gasteiger partial charge is 0.465 e. The molecule has 2 aromatic carbocycles. The van der Waals surface area contributed by atoms with Crippen molar-refractivity contribution in [3.63, 3.8) is 0 Å². The fourth-order valence-electron chi connectivity index (χ4n) is 2.89. The Morgan fingerprint density at radius 2 is 2.15 bits per heavy atom. The molecule has 8 heteroatoms. The van der Waals surface area contributed by atoms with Crippen LogP contribution in [0.5, 0.6) is 0 Å². The first-order valence-corrected chi connectivity index (χ1v) is 9.07. The number of esters is 1. The van der Waals surface area contributed by atoms with Crippen LogP contribution in [0.2, 0.25) is 0 Å². The number of hydrogen-bond donors (Lipinski definition) is 1. The maximum absolute atomic E-state index is 15.5. The Hall–Kier alpha value is -2.49. The summed E-state index contributed by atoms with van der Waals surface area (Å²) in [5.41, 5.74) is 0.678. The van der Waals surface area contributed by atoms with Gasteiger partial charge < -0.3 is 10.1 Å². The number of methoxy groups -OCH3 is 1.